The highest BCUT2D eigenvalue weighted by atomic mass is 14.4. The summed E-state index contributed by atoms with van der Waals surface area (Å²) < 4.78 is 0. The molecule has 0 heterocycles. The van der Waals surface area contributed by atoms with Crippen LogP contribution in [-0.2, 0) is 0 Å². The molecule has 1 fully saturated rings. The van der Waals surface area contributed by atoms with Crippen LogP contribution in [-0.4, -0.2) is 7.85 Å². The summed E-state index contributed by atoms with van der Waals surface area (Å²) in [5.41, 5.74) is 0.611. The summed E-state index contributed by atoms with van der Waals surface area (Å²) in [5, 5.41) is 0. The van der Waals surface area contributed by atoms with E-state index >= 15 is 0 Å². The van der Waals surface area contributed by atoms with Crippen molar-refractivity contribution >= 4 is 7.85 Å². The number of hydrogen-bond acceptors (Lipinski definition) is 0. The molecule has 0 aromatic heterocycles. The zero-order chi connectivity index (χ0) is 5.33. The van der Waals surface area contributed by atoms with Gasteiger partial charge in [-0.1, -0.05) is 19.7 Å². The fraction of sp³-hybridized carbons (Fsp3) is 1.00. The van der Waals surface area contributed by atoms with Crippen molar-refractivity contribution in [3.8, 4) is 0 Å². The maximum absolute atomic E-state index is 5.48. The molecule has 0 spiro atoms. The zero-order valence-corrected chi connectivity index (χ0v) is 4.91. The Hall–Kier alpha value is 0.0649. The van der Waals surface area contributed by atoms with E-state index in [1.807, 2.05) is 0 Å². The molecule has 0 N–H and O–H groups in total. The van der Waals surface area contributed by atoms with E-state index in [2.05, 4.69) is 6.92 Å². The van der Waals surface area contributed by atoms with Crippen molar-refractivity contribution in [2.75, 3.05) is 0 Å². The van der Waals surface area contributed by atoms with Gasteiger partial charge in [0.25, 0.3) is 0 Å². The molecule has 7 heavy (non-hydrogen) atoms. The first-order chi connectivity index (χ1) is 3.33. The third kappa shape index (κ3) is 0.819. The van der Waals surface area contributed by atoms with E-state index in [0.29, 0.717) is 5.41 Å². The molecule has 0 bridgehead atoms. The van der Waals surface area contributed by atoms with Crippen molar-refractivity contribution in [2.45, 2.75) is 32.5 Å². The predicted octanol–water partition coefficient (Wildman–Crippen LogP) is 1.76. The summed E-state index contributed by atoms with van der Waals surface area (Å²) in [5.74, 6) is 0. The Morgan fingerprint density at radius 1 is 1.57 bits per heavy atom. The molecule has 38 valence electrons. The second kappa shape index (κ2) is 1.54. The Labute approximate surface area is 46.7 Å². The Kier molecular flexibility index (Phi) is 1.14. The van der Waals surface area contributed by atoms with Crippen LogP contribution in [0, 0.1) is 5.41 Å². The fourth-order valence-corrected chi connectivity index (χ4v) is 0.879. The standard InChI is InChI=1S/C6H11B/c1-2-6(5-7)3-4-6/h2-5H2,1H3. The van der Waals surface area contributed by atoms with Crippen molar-refractivity contribution in [2.24, 2.45) is 5.41 Å². The van der Waals surface area contributed by atoms with E-state index in [0.717, 1.165) is 6.32 Å². The zero-order valence-electron chi connectivity index (χ0n) is 4.91. The highest BCUT2D eigenvalue weighted by Crippen LogP contribution is 2.51. The van der Waals surface area contributed by atoms with E-state index in [9.17, 15) is 0 Å². The second-order valence-corrected chi connectivity index (χ2v) is 2.56. The van der Waals surface area contributed by atoms with Gasteiger partial charge in [-0.15, -0.1) is 0 Å². The molecule has 1 saturated carbocycles. The van der Waals surface area contributed by atoms with Crippen molar-refractivity contribution in [1.29, 1.82) is 0 Å². The van der Waals surface area contributed by atoms with E-state index in [1.165, 1.54) is 19.3 Å². The summed E-state index contributed by atoms with van der Waals surface area (Å²) >= 11 is 0. The van der Waals surface area contributed by atoms with Gasteiger partial charge in [-0.25, -0.2) is 0 Å². The smallest absolute Gasteiger partial charge is 0.0660 e. The molecule has 0 unspecified atom stereocenters. The van der Waals surface area contributed by atoms with Crippen LogP contribution in [0.2, 0.25) is 6.32 Å². The summed E-state index contributed by atoms with van der Waals surface area (Å²) in [6, 6.07) is 0. The molecule has 2 radical (unpaired) electrons. The normalized spacial score (nSPS) is 24.7. The summed E-state index contributed by atoms with van der Waals surface area (Å²) in [7, 11) is 5.48. The highest BCUT2D eigenvalue weighted by molar-refractivity contribution is 6.09. The van der Waals surface area contributed by atoms with Crippen LogP contribution in [0.5, 0.6) is 0 Å². The van der Waals surface area contributed by atoms with Gasteiger partial charge >= 0.3 is 0 Å². The molecule has 0 aliphatic heterocycles. The first-order valence-electron chi connectivity index (χ1n) is 3.03. The monoisotopic (exact) mass is 94.1 g/mol. The van der Waals surface area contributed by atoms with Crippen molar-refractivity contribution in [3.63, 3.8) is 0 Å². The summed E-state index contributed by atoms with van der Waals surface area (Å²) in [6.07, 6.45) is 4.94. The minimum Gasteiger partial charge on any atom is -0.0832 e. The van der Waals surface area contributed by atoms with E-state index < -0.39 is 0 Å². The van der Waals surface area contributed by atoms with Gasteiger partial charge in [0.05, 0.1) is 7.85 Å². The average Bonchev–Trinajstić information content (AvgIpc) is 2.46. The van der Waals surface area contributed by atoms with Crippen LogP contribution in [0.15, 0.2) is 0 Å². The molecule has 0 nitrogen and oxygen atoms in total. The van der Waals surface area contributed by atoms with Crippen LogP contribution < -0.4 is 0 Å². The van der Waals surface area contributed by atoms with Gasteiger partial charge in [0.2, 0.25) is 0 Å². The van der Waals surface area contributed by atoms with Crippen LogP contribution in [0.25, 0.3) is 0 Å². The van der Waals surface area contributed by atoms with Crippen LogP contribution in [0.3, 0.4) is 0 Å². The molecule has 0 atom stereocenters. The predicted molar refractivity (Wildman–Crippen MR) is 32.5 cm³/mol. The first kappa shape index (κ1) is 5.21. The Morgan fingerprint density at radius 2 is 2.14 bits per heavy atom. The van der Waals surface area contributed by atoms with E-state index in [4.69, 9.17) is 7.85 Å². The lowest BCUT2D eigenvalue weighted by Crippen LogP contribution is -1.94. The minimum atomic E-state index is 0.611. The topological polar surface area (TPSA) is 0 Å². The maximum Gasteiger partial charge on any atom is 0.0660 e. The average molecular weight is 94.0 g/mol. The van der Waals surface area contributed by atoms with Crippen molar-refractivity contribution < 1.29 is 0 Å². The van der Waals surface area contributed by atoms with Gasteiger partial charge in [-0.2, -0.15) is 0 Å². The van der Waals surface area contributed by atoms with Crippen molar-refractivity contribution in [3.05, 3.63) is 0 Å². The Morgan fingerprint density at radius 3 is 2.14 bits per heavy atom. The van der Waals surface area contributed by atoms with Gasteiger partial charge in [0.15, 0.2) is 0 Å². The molecule has 0 amide bonds. The lowest BCUT2D eigenvalue weighted by molar-refractivity contribution is 0.551. The molecular weight excluding hydrogens is 82.9 g/mol. The van der Waals surface area contributed by atoms with E-state index in [-0.39, 0.29) is 0 Å². The molecule has 1 aliphatic carbocycles. The Balaban J connectivity index is 2.28. The third-order valence-corrected chi connectivity index (χ3v) is 2.14. The SMILES string of the molecule is [B]CC1(CC)CC1. The summed E-state index contributed by atoms with van der Waals surface area (Å²) in [6.45, 7) is 2.22. The number of rotatable bonds is 2. The van der Waals surface area contributed by atoms with Gasteiger partial charge in [-0.05, 0) is 18.3 Å². The fourth-order valence-electron chi connectivity index (χ4n) is 0.879. The van der Waals surface area contributed by atoms with Gasteiger partial charge < -0.3 is 0 Å². The quantitative estimate of drug-likeness (QED) is 0.457. The van der Waals surface area contributed by atoms with Crippen LogP contribution in [0.4, 0.5) is 0 Å². The van der Waals surface area contributed by atoms with Gasteiger partial charge in [-0.3, -0.25) is 0 Å². The third-order valence-electron chi connectivity index (χ3n) is 2.14. The second-order valence-electron chi connectivity index (χ2n) is 2.56. The van der Waals surface area contributed by atoms with Crippen molar-refractivity contribution in [1.82, 2.24) is 0 Å². The highest BCUT2D eigenvalue weighted by Gasteiger charge is 2.37. The molecule has 0 aromatic carbocycles. The van der Waals surface area contributed by atoms with Crippen LogP contribution >= 0.6 is 0 Å². The Bertz CT molecular complexity index is 58.6. The minimum absolute atomic E-state index is 0.611. The summed E-state index contributed by atoms with van der Waals surface area (Å²) in [4.78, 5) is 0. The maximum atomic E-state index is 5.48. The molecular formula is C6H11B. The molecule has 1 heteroatoms. The molecule has 1 aliphatic rings. The van der Waals surface area contributed by atoms with Gasteiger partial charge in [0, 0.05) is 0 Å². The number of hydrogen-bond donors (Lipinski definition) is 0. The van der Waals surface area contributed by atoms with Crippen LogP contribution in [0.1, 0.15) is 26.2 Å². The lowest BCUT2D eigenvalue weighted by atomic mass is 9.87. The molecule has 0 aromatic rings. The lowest BCUT2D eigenvalue weighted by Gasteiger charge is -2.05. The van der Waals surface area contributed by atoms with Gasteiger partial charge in [0.1, 0.15) is 0 Å². The molecule has 0 saturated heterocycles. The molecule has 1 rings (SSSR count). The first-order valence-corrected chi connectivity index (χ1v) is 3.03. The largest absolute Gasteiger partial charge is 0.0832 e. The van der Waals surface area contributed by atoms with E-state index in [1.54, 1.807) is 0 Å².